The Kier molecular flexibility index (Phi) is 5.54. The van der Waals surface area contributed by atoms with Crippen LogP contribution in [0.15, 0.2) is 46.0 Å². The van der Waals surface area contributed by atoms with Gasteiger partial charge < -0.3 is 19.4 Å². The molecule has 1 saturated heterocycles. The molecule has 0 bridgehead atoms. The van der Waals surface area contributed by atoms with E-state index in [1.165, 1.54) is 34.9 Å². The van der Waals surface area contributed by atoms with Gasteiger partial charge >= 0.3 is 11.7 Å². The fourth-order valence-electron chi connectivity index (χ4n) is 5.45. The Bertz CT molecular complexity index is 1340. The number of aromatic nitrogens is 2. The number of benzene rings is 2. The number of carbonyl (C=O) groups excluding carboxylic acids is 1. The summed E-state index contributed by atoms with van der Waals surface area (Å²) in [5.74, 6) is 1.48. The first-order chi connectivity index (χ1) is 16.0. The second-order valence-corrected chi connectivity index (χ2v) is 8.83. The number of rotatable bonds is 5. The fraction of sp³-hybridized carbons (Fsp3) is 0.400. The summed E-state index contributed by atoms with van der Waals surface area (Å²) in [4.78, 5) is 42.5. The van der Waals surface area contributed by atoms with Crippen LogP contribution in [-0.2, 0) is 17.7 Å². The maximum absolute atomic E-state index is 13.0. The third-order valence-corrected chi connectivity index (χ3v) is 7.11. The molecule has 8 heteroatoms. The number of hydrogen-bond donors (Lipinski definition) is 1. The summed E-state index contributed by atoms with van der Waals surface area (Å²) in [6, 6.07) is 10.9. The first-order valence-electron chi connectivity index (χ1n) is 11.2. The SMILES string of the molecule is COC(=O)c1ccc2c(=O)n(CCN3CC4CCc5c(OC)cccc5C4C3)c(=O)[nH]c2c1. The number of ether oxygens (including phenoxy) is 2. The normalized spacial score (nSPS) is 19.8. The lowest BCUT2D eigenvalue weighted by molar-refractivity contribution is 0.0601. The van der Waals surface area contributed by atoms with Crippen LogP contribution in [0.25, 0.3) is 10.9 Å². The Morgan fingerprint density at radius 1 is 1.12 bits per heavy atom. The molecule has 1 N–H and O–H groups in total. The van der Waals surface area contributed by atoms with Gasteiger partial charge in [0.2, 0.25) is 0 Å². The van der Waals surface area contributed by atoms with Gasteiger partial charge in [0.15, 0.2) is 0 Å². The van der Waals surface area contributed by atoms with E-state index in [-0.39, 0.29) is 11.1 Å². The van der Waals surface area contributed by atoms with Gasteiger partial charge in [0, 0.05) is 32.1 Å². The molecular formula is C25H27N3O5. The Morgan fingerprint density at radius 3 is 2.76 bits per heavy atom. The van der Waals surface area contributed by atoms with Gasteiger partial charge in [-0.2, -0.15) is 0 Å². The first-order valence-corrected chi connectivity index (χ1v) is 11.2. The monoisotopic (exact) mass is 449 g/mol. The lowest BCUT2D eigenvalue weighted by atomic mass is 9.77. The summed E-state index contributed by atoms with van der Waals surface area (Å²) < 4.78 is 11.5. The van der Waals surface area contributed by atoms with Crippen LogP contribution >= 0.6 is 0 Å². The number of carbonyl (C=O) groups is 1. The van der Waals surface area contributed by atoms with E-state index in [9.17, 15) is 14.4 Å². The average Bonchev–Trinajstić information content (AvgIpc) is 3.26. The molecule has 2 aromatic carbocycles. The average molecular weight is 450 g/mol. The topological polar surface area (TPSA) is 93.6 Å². The van der Waals surface area contributed by atoms with Crippen molar-refractivity contribution >= 4 is 16.9 Å². The third-order valence-electron chi connectivity index (χ3n) is 7.11. The molecule has 1 aliphatic heterocycles. The summed E-state index contributed by atoms with van der Waals surface area (Å²) in [5, 5.41) is 0.373. The fourth-order valence-corrected chi connectivity index (χ4v) is 5.45. The number of likely N-dealkylation sites (tertiary alicyclic amines) is 1. The number of fused-ring (bicyclic) bond motifs is 4. The highest BCUT2D eigenvalue weighted by Gasteiger charge is 2.38. The largest absolute Gasteiger partial charge is 0.496 e. The van der Waals surface area contributed by atoms with Crippen LogP contribution in [0.3, 0.4) is 0 Å². The Morgan fingerprint density at radius 2 is 1.97 bits per heavy atom. The lowest BCUT2D eigenvalue weighted by Crippen LogP contribution is -2.38. The van der Waals surface area contributed by atoms with Gasteiger partial charge in [-0.1, -0.05) is 12.1 Å². The van der Waals surface area contributed by atoms with Crippen LogP contribution in [0.2, 0.25) is 0 Å². The van der Waals surface area contributed by atoms with Gasteiger partial charge in [0.1, 0.15) is 5.75 Å². The van der Waals surface area contributed by atoms with E-state index in [0.29, 0.717) is 35.8 Å². The van der Waals surface area contributed by atoms with Crippen molar-refractivity contribution < 1.29 is 14.3 Å². The van der Waals surface area contributed by atoms with Gasteiger partial charge in [-0.25, -0.2) is 9.59 Å². The molecule has 1 fully saturated rings. The molecule has 0 saturated carbocycles. The first kappa shape index (κ1) is 21.5. The summed E-state index contributed by atoms with van der Waals surface area (Å²) in [6.07, 6.45) is 2.14. The highest BCUT2D eigenvalue weighted by molar-refractivity contribution is 5.93. The van der Waals surface area contributed by atoms with Crippen molar-refractivity contribution in [1.82, 2.24) is 14.5 Å². The van der Waals surface area contributed by atoms with Crippen LogP contribution < -0.4 is 16.0 Å². The molecule has 8 nitrogen and oxygen atoms in total. The Labute approximate surface area is 190 Å². The second kappa shape index (κ2) is 8.51. The maximum Gasteiger partial charge on any atom is 0.337 e. The summed E-state index contributed by atoms with van der Waals surface area (Å²) >= 11 is 0. The maximum atomic E-state index is 13.0. The predicted molar refractivity (Wildman–Crippen MR) is 124 cm³/mol. The van der Waals surface area contributed by atoms with Crippen molar-refractivity contribution in [3.63, 3.8) is 0 Å². The molecular weight excluding hydrogens is 422 g/mol. The highest BCUT2D eigenvalue weighted by Crippen LogP contribution is 2.43. The van der Waals surface area contributed by atoms with Crippen LogP contribution in [0.4, 0.5) is 0 Å². The number of hydrogen-bond acceptors (Lipinski definition) is 6. The van der Waals surface area contributed by atoms with E-state index in [1.54, 1.807) is 13.2 Å². The molecule has 2 unspecified atom stereocenters. The van der Waals surface area contributed by atoms with Crippen molar-refractivity contribution in [2.75, 3.05) is 33.9 Å². The molecule has 1 aliphatic carbocycles. The van der Waals surface area contributed by atoms with E-state index in [0.717, 1.165) is 31.7 Å². The minimum Gasteiger partial charge on any atom is -0.496 e. The van der Waals surface area contributed by atoms with Crippen molar-refractivity contribution in [2.24, 2.45) is 5.92 Å². The molecule has 3 aromatic rings. The number of aromatic amines is 1. The summed E-state index contributed by atoms with van der Waals surface area (Å²) in [7, 11) is 3.01. The van der Waals surface area contributed by atoms with Gasteiger partial charge in [0.25, 0.3) is 5.56 Å². The van der Waals surface area contributed by atoms with Gasteiger partial charge in [-0.05, 0) is 54.2 Å². The Balaban J connectivity index is 1.35. The van der Waals surface area contributed by atoms with E-state index < -0.39 is 11.7 Å². The quantitative estimate of drug-likeness (QED) is 0.600. The number of nitrogens with one attached hydrogen (secondary N) is 1. The molecule has 2 aliphatic rings. The second-order valence-electron chi connectivity index (χ2n) is 8.83. The molecule has 1 aromatic heterocycles. The standard InChI is InChI=1S/C25H27N3O5/c1-32-22-5-3-4-17-18(22)8-7-16-13-27(14-20(16)17)10-11-28-23(29)19-9-6-15(24(30)33-2)12-21(19)26-25(28)31/h3-6,9,12,16,20H,7-8,10-11,13-14H2,1-2H3,(H,26,31). The smallest absolute Gasteiger partial charge is 0.337 e. The molecule has 2 heterocycles. The molecule has 0 spiro atoms. The van der Waals surface area contributed by atoms with Crippen LogP contribution in [-0.4, -0.2) is 54.3 Å². The van der Waals surface area contributed by atoms with E-state index in [4.69, 9.17) is 9.47 Å². The van der Waals surface area contributed by atoms with E-state index in [2.05, 4.69) is 22.0 Å². The highest BCUT2D eigenvalue weighted by atomic mass is 16.5. The van der Waals surface area contributed by atoms with Crippen LogP contribution in [0.1, 0.15) is 33.8 Å². The number of nitrogens with zero attached hydrogens (tertiary/aromatic N) is 2. The van der Waals surface area contributed by atoms with Crippen LogP contribution in [0, 0.1) is 5.92 Å². The van der Waals surface area contributed by atoms with Gasteiger partial charge in [0.05, 0.1) is 30.7 Å². The van der Waals surface area contributed by atoms with E-state index >= 15 is 0 Å². The van der Waals surface area contributed by atoms with E-state index in [1.807, 2.05) is 6.07 Å². The zero-order valence-corrected chi connectivity index (χ0v) is 18.8. The minimum absolute atomic E-state index is 0.286. The number of methoxy groups -OCH3 is 2. The number of esters is 1. The minimum atomic E-state index is -0.517. The van der Waals surface area contributed by atoms with Crippen molar-refractivity contribution in [1.29, 1.82) is 0 Å². The molecule has 0 radical (unpaired) electrons. The van der Waals surface area contributed by atoms with Gasteiger partial charge in [-0.15, -0.1) is 0 Å². The Hall–Kier alpha value is -3.39. The predicted octanol–water partition coefficient (Wildman–Crippen LogP) is 2.15. The lowest BCUT2D eigenvalue weighted by Gasteiger charge is -2.28. The van der Waals surface area contributed by atoms with Crippen molar-refractivity contribution in [2.45, 2.75) is 25.3 Å². The van der Waals surface area contributed by atoms with Crippen molar-refractivity contribution in [3.05, 3.63) is 73.9 Å². The summed E-state index contributed by atoms with van der Waals surface area (Å²) in [5.41, 5.74) is 2.49. The van der Waals surface area contributed by atoms with Crippen molar-refractivity contribution in [3.8, 4) is 5.75 Å². The molecule has 172 valence electrons. The van der Waals surface area contributed by atoms with Gasteiger partial charge in [-0.3, -0.25) is 9.36 Å². The third kappa shape index (κ3) is 3.74. The number of H-pyrrole nitrogens is 1. The molecule has 2 atom stereocenters. The summed E-state index contributed by atoms with van der Waals surface area (Å²) in [6.45, 7) is 2.81. The zero-order valence-electron chi connectivity index (χ0n) is 18.8. The molecule has 0 amide bonds. The molecule has 33 heavy (non-hydrogen) atoms. The zero-order chi connectivity index (χ0) is 23.1. The molecule has 5 rings (SSSR count). The van der Waals surface area contributed by atoms with Crippen LogP contribution in [0.5, 0.6) is 5.75 Å².